The largest absolute Gasteiger partial charge is 0.304 e. The number of carbonyl (C=O) groups is 1. The number of nitrogens with one attached hydrogen (secondary N) is 1. The van der Waals surface area contributed by atoms with Crippen molar-refractivity contribution in [1.82, 2.24) is 24.4 Å². The van der Waals surface area contributed by atoms with E-state index in [1.807, 2.05) is 12.1 Å². The Labute approximate surface area is 180 Å². The van der Waals surface area contributed by atoms with Gasteiger partial charge in [0.2, 0.25) is 0 Å². The smallest absolute Gasteiger partial charge is 0.280 e. The summed E-state index contributed by atoms with van der Waals surface area (Å²) in [5.74, 6) is -0.00792. The first-order valence-electron chi connectivity index (χ1n) is 9.74. The van der Waals surface area contributed by atoms with E-state index in [-0.39, 0.29) is 23.0 Å². The SMILES string of the molecule is O=C(Nc1ccn(Cc2ccc(Cl)cc2)n1)c1cc2nc(C3CC3)cc(C(F)F)n2n1. The number of hydrogen-bond donors (Lipinski definition) is 1. The highest BCUT2D eigenvalue weighted by Gasteiger charge is 2.28. The third-order valence-electron chi connectivity index (χ3n) is 5.07. The van der Waals surface area contributed by atoms with Crippen molar-refractivity contribution in [2.24, 2.45) is 0 Å². The summed E-state index contributed by atoms with van der Waals surface area (Å²) in [5.41, 5.74) is 1.59. The summed E-state index contributed by atoms with van der Waals surface area (Å²) in [7, 11) is 0. The molecule has 5 rings (SSSR count). The van der Waals surface area contributed by atoms with Crippen LogP contribution in [0.2, 0.25) is 5.02 Å². The number of alkyl halides is 2. The summed E-state index contributed by atoms with van der Waals surface area (Å²) in [6, 6.07) is 11.8. The van der Waals surface area contributed by atoms with E-state index < -0.39 is 12.3 Å². The molecule has 7 nitrogen and oxygen atoms in total. The van der Waals surface area contributed by atoms with Gasteiger partial charge in [-0.3, -0.25) is 9.48 Å². The van der Waals surface area contributed by atoms with Crippen LogP contribution in [0.1, 0.15) is 52.6 Å². The number of fused-ring (bicyclic) bond motifs is 1. The first kappa shape index (κ1) is 19.6. The molecule has 0 radical (unpaired) electrons. The average molecular weight is 443 g/mol. The van der Waals surface area contributed by atoms with Crippen LogP contribution in [-0.4, -0.2) is 30.3 Å². The molecule has 1 saturated carbocycles. The van der Waals surface area contributed by atoms with Gasteiger partial charge in [0.25, 0.3) is 12.3 Å². The number of hydrogen-bond acceptors (Lipinski definition) is 4. The van der Waals surface area contributed by atoms with Crippen molar-refractivity contribution in [3.05, 3.63) is 76.3 Å². The Kier molecular flexibility index (Phi) is 4.90. The number of nitrogens with zero attached hydrogens (tertiary/aromatic N) is 5. The third kappa shape index (κ3) is 4.13. The van der Waals surface area contributed by atoms with Crippen LogP contribution < -0.4 is 5.32 Å². The zero-order valence-electron chi connectivity index (χ0n) is 16.2. The summed E-state index contributed by atoms with van der Waals surface area (Å²) in [6.45, 7) is 0.507. The standard InChI is InChI=1S/C21H17ClF2N6O/c22-14-5-1-12(2-6-14)11-29-8-7-18(28-29)26-21(31)16-10-19-25-15(13-3-4-13)9-17(20(23)24)30(19)27-16/h1-2,5-10,13,20H,3-4,11H2,(H,26,28,31). The van der Waals surface area contributed by atoms with Crippen molar-refractivity contribution >= 4 is 29.0 Å². The zero-order valence-corrected chi connectivity index (χ0v) is 16.9. The van der Waals surface area contributed by atoms with Crippen molar-refractivity contribution in [3.63, 3.8) is 0 Å². The molecular weight excluding hydrogens is 426 g/mol. The lowest BCUT2D eigenvalue weighted by Crippen LogP contribution is -2.14. The maximum Gasteiger partial charge on any atom is 0.280 e. The minimum absolute atomic E-state index is 0.00500. The van der Waals surface area contributed by atoms with Gasteiger partial charge in [-0.15, -0.1) is 0 Å². The Morgan fingerprint density at radius 3 is 2.65 bits per heavy atom. The zero-order chi connectivity index (χ0) is 21.5. The van der Waals surface area contributed by atoms with Crippen molar-refractivity contribution in [2.75, 3.05) is 5.32 Å². The number of benzene rings is 1. The van der Waals surface area contributed by atoms with Crippen molar-refractivity contribution in [1.29, 1.82) is 0 Å². The minimum atomic E-state index is -2.72. The molecule has 31 heavy (non-hydrogen) atoms. The van der Waals surface area contributed by atoms with Gasteiger partial charge in [0, 0.05) is 35.0 Å². The van der Waals surface area contributed by atoms with Crippen LogP contribution in [0.15, 0.2) is 48.7 Å². The van der Waals surface area contributed by atoms with Gasteiger partial charge in [-0.1, -0.05) is 23.7 Å². The quantitative estimate of drug-likeness (QED) is 0.469. The fraction of sp³-hybridized carbons (Fsp3) is 0.238. The van der Waals surface area contributed by atoms with Crippen molar-refractivity contribution in [3.8, 4) is 0 Å². The molecular formula is C21H17ClF2N6O. The van der Waals surface area contributed by atoms with E-state index in [2.05, 4.69) is 20.5 Å². The number of carbonyl (C=O) groups excluding carboxylic acids is 1. The molecule has 0 aliphatic heterocycles. The first-order valence-corrected chi connectivity index (χ1v) is 10.1. The molecule has 3 heterocycles. The molecule has 0 atom stereocenters. The molecule has 1 fully saturated rings. The predicted octanol–water partition coefficient (Wildman–Crippen LogP) is 4.69. The topological polar surface area (TPSA) is 77.1 Å². The Morgan fingerprint density at radius 2 is 1.94 bits per heavy atom. The van der Waals surface area contributed by atoms with Crippen LogP contribution >= 0.6 is 11.6 Å². The summed E-state index contributed by atoms with van der Waals surface area (Å²) in [4.78, 5) is 17.0. The Morgan fingerprint density at radius 1 is 1.16 bits per heavy atom. The maximum atomic E-state index is 13.5. The molecule has 1 amide bonds. The van der Waals surface area contributed by atoms with Gasteiger partial charge in [-0.25, -0.2) is 18.3 Å². The van der Waals surface area contributed by atoms with Crippen LogP contribution in [0.3, 0.4) is 0 Å². The van der Waals surface area contributed by atoms with E-state index >= 15 is 0 Å². The molecule has 0 unspecified atom stereocenters. The maximum absolute atomic E-state index is 13.5. The van der Waals surface area contributed by atoms with E-state index in [0.29, 0.717) is 23.1 Å². The van der Waals surface area contributed by atoms with Gasteiger partial charge < -0.3 is 5.32 Å². The summed E-state index contributed by atoms with van der Waals surface area (Å²) in [6.07, 6.45) is 0.881. The summed E-state index contributed by atoms with van der Waals surface area (Å²) < 4.78 is 29.7. The summed E-state index contributed by atoms with van der Waals surface area (Å²) in [5, 5.41) is 11.7. The van der Waals surface area contributed by atoms with E-state index in [4.69, 9.17) is 11.6 Å². The number of anilines is 1. The summed E-state index contributed by atoms with van der Waals surface area (Å²) >= 11 is 5.89. The molecule has 4 aromatic rings. The fourth-order valence-electron chi connectivity index (χ4n) is 3.35. The monoisotopic (exact) mass is 442 g/mol. The molecule has 0 saturated heterocycles. The van der Waals surface area contributed by atoms with Gasteiger partial charge >= 0.3 is 0 Å². The second kappa shape index (κ2) is 7.73. The Balaban J connectivity index is 1.35. The number of rotatable bonds is 6. The van der Waals surface area contributed by atoms with E-state index in [0.717, 1.165) is 22.9 Å². The highest BCUT2D eigenvalue weighted by Crippen LogP contribution is 2.40. The lowest BCUT2D eigenvalue weighted by molar-refractivity contribution is 0.102. The van der Waals surface area contributed by atoms with Crippen molar-refractivity contribution < 1.29 is 13.6 Å². The van der Waals surface area contributed by atoms with Gasteiger partial charge in [0.15, 0.2) is 17.2 Å². The molecule has 0 spiro atoms. The van der Waals surface area contributed by atoms with E-state index in [1.54, 1.807) is 29.1 Å². The van der Waals surface area contributed by atoms with Crippen LogP contribution in [0.4, 0.5) is 14.6 Å². The number of aromatic nitrogens is 5. The van der Waals surface area contributed by atoms with Gasteiger partial charge in [0.1, 0.15) is 5.69 Å². The highest BCUT2D eigenvalue weighted by atomic mass is 35.5. The van der Waals surface area contributed by atoms with E-state index in [1.165, 1.54) is 12.1 Å². The second-order valence-electron chi connectivity index (χ2n) is 7.46. The van der Waals surface area contributed by atoms with Crippen LogP contribution in [0.25, 0.3) is 5.65 Å². The predicted molar refractivity (Wildman–Crippen MR) is 111 cm³/mol. The van der Waals surface area contributed by atoms with E-state index in [9.17, 15) is 13.6 Å². The minimum Gasteiger partial charge on any atom is -0.304 e. The van der Waals surface area contributed by atoms with Gasteiger partial charge in [-0.2, -0.15) is 10.2 Å². The van der Waals surface area contributed by atoms with Crippen LogP contribution in [0.5, 0.6) is 0 Å². The highest BCUT2D eigenvalue weighted by molar-refractivity contribution is 6.30. The van der Waals surface area contributed by atoms with Crippen LogP contribution in [0, 0.1) is 0 Å². The molecule has 10 heteroatoms. The average Bonchev–Trinajstić information content (AvgIpc) is 3.36. The first-order chi connectivity index (χ1) is 15.0. The lowest BCUT2D eigenvalue weighted by Gasteiger charge is -2.06. The molecule has 0 bridgehead atoms. The Hall–Kier alpha value is -3.33. The molecule has 1 aliphatic carbocycles. The lowest BCUT2D eigenvalue weighted by atomic mass is 10.2. The third-order valence-corrected chi connectivity index (χ3v) is 5.32. The molecule has 158 valence electrons. The molecule has 1 aromatic carbocycles. The Bertz CT molecular complexity index is 1260. The number of amides is 1. The molecule has 1 N–H and O–H groups in total. The van der Waals surface area contributed by atoms with Gasteiger partial charge in [0.05, 0.1) is 6.54 Å². The van der Waals surface area contributed by atoms with Gasteiger partial charge in [-0.05, 0) is 36.6 Å². The molecule has 3 aromatic heterocycles. The number of halogens is 3. The fourth-order valence-corrected chi connectivity index (χ4v) is 3.47. The normalized spacial score (nSPS) is 13.8. The van der Waals surface area contributed by atoms with Crippen molar-refractivity contribution in [2.45, 2.75) is 31.7 Å². The molecule has 1 aliphatic rings. The second-order valence-corrected chi connectivity index (χ2v) is 7.90. The van der Waals surface area contributed by atoms with Crippen LogP contribution in [-0.2, 0) is 6.54 Å².